The number of aryl methyl sites for hydroxylation is 1. The number of Topliss-reactive ketones (excluding diaryl/α,β-unsaturated/α-hetero) is 1. The number of rotatable bonds is 3. The van der Waals surface area contributed by atoms with Crippen molar-refractivity contribution < 1.29 is 9.90 Å². The van der Waals surface area contributed by atoms with Gasteiger partial charge in [-0.15, -0.1) is 11.3 Å². The summed E-state index contributed by atoms with van der Waals surface area (Å²) in [6.07, 6.45) is 0. The molecule has 1 heterocycles. The van der Waals surface area contributed by atoms with Crippen LogP contribution in [0.4, 0.5) is 0 Å². The third-order valence-electron chi connectivity index (χ3n) is 1.41. The largest absolute Gasteiger partial charge is 0.389 e. The molecular formula is C7H10N2O2S. The van der Waals surface area contributed by atoms with Crippen LogP contribution in [-0.4, -0.2) is 22.4 Å². The van der Waals surface area contributed by atoms with Crippen LogP contribution in [0.25, 0.3) is 0 Å². The maximum atomic E-state index is 11.1. The minimum absolute atomic E-state index is 0.00605. The van der Waals surface area contributed by atoms with Crippen molar-refractivity contribution in [3.05, 3.63) is 15.6 Å². The topological polar surface area (TPSA) is 76.2 Å². The molecule has 0 aromatic carbocycles. The minimum Gasteiger partial charge on any atom is -0.389 e. The van der Waals surface area contributed by atoms with Crippen LogP contribution < -0.4 is 5.73 Å². The first kappa shape index (κ1) is 9.31. The molecule has 1 aromatic heterocycles. The fourth-order valence-corrected chi connectivity index (χ4v) is 1.74. The molecule has 0 aliphatic rings. The number of nitrogens with zero attached hydrogens (tertiary/aromatic N) is 1. The fraction of sp³-hybridized carbons (Fsp3) is 0.429. The zero-order valence-electron chi connectivity index (χ0n) is 6.70. The molecule has 1 aromatic rings. The van der Waals surface area contributed by atoms with Crippen molar-refractivity contribution in [2.24, 2.45) is 5.73 Å². The quantitative estimate of drug-likeness (QED) is 0.656. The van der Waals surface area contributed by atoms with Gasteiger partial charge in [0.1, 0.15) is 5.01 Å². The molecule has 12 heavy (non-hydrogen) atoms. The Balaban J connectivity index is 2.99. The van der Waals surface area contributed by atoms with Gasteiger partial charge in [0.25, 0.3) is 0 Å². The van der Waals surface area contributed by atoms with Gasteiger partial charge in [-0.05, 0) is 6.92 Å². The summed E-state index contributed by atoms with van der Waals surface area (Å²) < 4.78 is 0. The zero-order chi connectivity index (χ0) is 9.14. The molecule has 66 valence electrons. The van der Waals surface area contributed by atoms with Gasteiger partial charge in [0.05, 0.1) is 23.7 Å². The number of aliphatic hydroxyl groups excluding tert-OH is 1. The number of carbonyl (C=O) groups is 1. The number of hydrogen-bond donors (Lipinski definition) is 2. The lowest BCUT2D eigenvalue weighted by molar-refractivity contribution is 0.100. The van der Waals surface area contributed by atoms with E-state index >= 15 is 0 Å². The van der Waals surface area contributed by atoms with E-state index in [0.717, 1.165) is 0 Å². The zero-order valence-corrected chi connectivity index (χ0v) is 7.52. The Bertz CT molecular complexity index is 296. The van der Waals surface area contributed by atoms with Crippen LogP contribution in [0.3, 0.4) is 0 Å². The molecule has 0 aliphatic carbocycles. The van der Waals surface area contributed by atoms with Gasteiger partial charge < -0.3 is 10.8 Å². The third-order valence-corrected chi connectivity index (χ3v) is 2.60. The summed E-state index contributed by atoms with van der Waals surface area (Å²) in [5.41, 5.74) is 5.84. The van der Waals surface area contributed by atoms with Gasteiger partial charge in [0.2, 0.25) is 0 Å². The predicted molar refractivity (Wildman–Crippen MR) is 46.2 cm³/mol. The SMILES string of the molecule is Cc1nc(CO)sc1C(=O)CN. The molecule has 5 heteroatoms. The minimum atomic E-state index is -0.122. The lowest BCUT2D eigenvalue weighted by Gasteiger charge is -1.90. The number of carbonyl (C=O) groups excluding carboxylic acids is 1. The molecule has 0 bridgehead atoms. The van der Waals surface area contributed by atoms with Gasteiger partial charge in [-0.3, -0.25) is 4.79 Å². The molecule has 3 N–H and O–H groups in total. The lowest BCUT2D eigenvalue weighted by atomic mass is 10.3. The average Bonchev–Trinajstić information content (AvgIpc) is 2.45. The van der Waals surface area contributed by atoms with Gasteiger partial charge in [-0.25, -0.2) is 4.98 Å². The van der Waals surface area contributed by atoms with Crippen molar-refractivity contribution in [2.45, 2.75) is 13.5 Å². The second kappa shape index (κ2) is 3.75. The van der Waals surface area contributed by atoms with E-state index < -0.39 is 0 Å². The molecule has 0 radical (unpaired) electrons. The van der Waals surface area contributed by atoms with Gasteiger partial charge in [0, 0.05) is 0 Å². The maximum absolute atomic E-state index is 11.1. The van der Waals surface area contributed by atoms with Crippen molar-refractivity contribution >= 4 is 17.1 Å². The van der Waals surface area contributed by atoms with E-state index in [1.807, 2.05) is 0 Å². The fourth-order valence-electron chi connectivity index (χ4n) is 0.871. The Morgan fingerprint density at radius 2 is 2.42 bits per heavy atom. The van der Waals surface area contributed by atoms with Gasteiger partial charge in [-0.1, -0.05) is 0 Å². The van der Waals surface area contributed by atoms with E-state index in [0.29, 0.717) is 15.6 Å². The smallest absolute Gasteiger partial charge is 0.188 e. The normalized spacial score (nSPS) is 10.2. The van der Waals surface area contributed by atoms with E-state index in [2.05, 4.69) is 4.98 Å². The summed E-state index contributed by atoms with van der Waals surface area (Å²) in [5, 5.41) is 9.29. The standard InChI is InChI=1S/C7H10N2O2S/c1-4-7(5(11)2-8)12-6(3-10)9-4/h10H,2-3,8H2,1H3. The predicted octanol–water partition coefficient (Wildman–Crippen LogP) is 0.0852. The van der Waals surface area contributed by atoms with Gasteiger partial charge in [0.15, 0.2) is 5.78 Å². The number of nitrogens with two attached hydrogens (primary N) is 1. The number of hydrogen-bond acceptors (Lipinski definition) is 5. The number of ketones is 1. The second-order valence-electron chi connectivity index (χ2n) is 2.31. The average molecular weight is 186 g/mol. The van der Waals surface area contributed by atoms with Crippen molar-refractivity contribution in [1.82, 2.24) is 4.98 Å². The van der Waals surface area contributed by atoms with Crippen LogP contribution in [-0.2, 0) is 6.61 Å². The molecule has 0 unspecified atom stereocenters. The van der Waals surface area contributed by atoms with Crippen molar-refractivity contribution in [3.8, 4) is 0 Å². The highest BCUT2D eigenvalue weighted by Gasteiger charge is 2.12. The summed E-state index contributed by atoms with van der Waals surface area (Å²) in [6, 6.07) is 0. The van der Waals surface area contributed by atoms with E-state index in [1.165, 1.54) is 11.3 Å². The molecule has 0 amide bonds. The Morgan fingerprint density at radius 1 is 1.75 bits per heavy atom. The molecule has 4 nitrogen and oxygen atoms in total. The summed E-state index contributed by atoms with van der Waals surface area (Å²) in [6.45, 7) is 1.61. The van der Waals surface area contributed by atoms with E-state index in [4.69, 9.17) is 10.8 Å². The highest BCUT2D eigenvalue weighted by Crippen LogP contribution is 2.17. The van der Waals surface area contributed by atoms with Crippen LogP contribution in [0.1, 0.15) is 20.4 Å². The Morgan fingerprint density at radius 3 is 2.83 bits per heavy atom. The lowest BCUT2D eigenvalue weighted by Crippen LogP contribution is -2.13. The van der Waals surface area contributed by atoms with Crippen molar-refractivity contribution in [1.29, 1.82) is 0 Å². The van der Waals surface area contributed by atoms with E-state index in [-0.39, 0.29) is 18.9 Å². The molecular weight excluding hydrogens is 176 g/mol. The molecule has 0 spiro atoms. The van der Waals surface area contributed by atoms with Gasteiger partial charge >= 0.3 is 0 Å². The van der Waals surface area contributed by atoms with Crippen molar-refractivity contribution in [3.63, 3.8) is 0 Å². The first-order valence-electron chi connectivity index (χ1n) is 3.49. The molecule has 0 atom stereocenters. The van der Waals surface area contributed by atoms with Gasteiger partial charge in [-0.2, -0.15) is 0 Å². The third kappa shape index (κ3) is 1.69. The first-order valence-corrected chi connectivity index (χ1v) is 4.31. The monoisotopic (exact) mass is 186 g/mol. The summed E-state index contributed by atoms with van der Waals surface area (Å²) >= 11 is 1.20. The number of aromatic nitrogens is 1. The maximum Gasteiger partial charge on any atom is 0.188 e. The van der Waals surface area contributed by atoms with Crippen molar-refractivity contribution in [2.75, 3.05) is 6.54 Å². The Labute approximate surface area is 74.0 Å². The Kier molecular flexibility index (Phi) is 2.91. The summed E-state index contributed by atoms with van der Waals surface area (Å²) in [4.78, 5) is 15.7. The summed E-state index contributed by atoms with van der Waals surface area (Å²) in [5.74, 6) is -0.121. The molecule has 0 saturated heterocycles. The molecule has 0 aliphatic heterocycles. The van der Waals surface area contributed by atoms with Crippen LogP contribution in [0.15, 0.2) is 0 Å². The highest BCUT2D eigenvalue weighted by atomic mass is 32.1. The second-order valence-corrected chi connectivity index (χ2v) is 3.39. The van der Waals surface area contributed by atoms with Crippen LogP contribution in [0.5, 0.6) is 0 Å². The van der Waals surface area contributed by atoms with E-state index in [9.17, 15) is 4.79 Å². The summed E-state index contributed by atoms with van der Waals surface area (Å²) in [7, 11) is 0. The Hall–Kier alpha value is -0.780. The molecule has 0 saturated carbocycles. The van der Waals surface area contributed by atoms with E-state index in [1.54, 1.807) is 6.92 Å². The first-order chi connectivity index (χ1) is 5.69. The number of thiazole rings is 1. The number of aliphatic hydroxyl groups is 1. The molecule has 0 fully saturated rings. The van der Waals surface area contributed by atoms with Crippen LogP contribution in [0.2, 0.25) is 0 Å². The van der Waals surface area contributed by atoms with Crippen LogP contribution >= 0.6 is 11.3 Å². The highest BCUT2D eigenvalue weighted by molar-refractivity contribution is 7.13. The van der Waals surface area contributed by atoms with Crippen LogP contribution in [0, 0.1) is 6.92 Å². The molecule has 1 rings (SSSR count).